The van der Waals surface area contributed by atoms with Crippen LogP contribution < -0.4 is 17.2 Å². The number of phenolic OH excluding ortho intramolecular Hbond substituents is 1. The van der Waals surface area contributed by atoms with Gasteiger partial charge in [-0.05, 0) is 63.2 Å². The molecule has 0 radical (unpaired) electrons. The van der Waals surface area contributed by atoms with E-state index in [1.54, 1.807) is 24.4 Å². The fourth-order valence-electron chi connectivity index (χ4n) is 6.82. The van der Waals surface area contributed by atoms with E-state index < -0.39 is 69.1 Å². The predicted molar refractivity (Wildman–Crippen MR) is 142 cm³/mol. The third kappa shape index (κ3) is 3.10. The van der Waals surface area contributed by atoms with Crippen LogP contribution in [0.15, 0.2) is 47.4 Å². The number of aromatic nitrogens is 1. The van der Waals surface area contributed by atoms with Crippen molar-refractivity contribution in [2.24, 2.45) is 22.6 Å². The molecular weight excluding hydrogens is 516 g/mol. The number of aromatic hydroxyl groups is 1. The van der Waals surface area contributed by atoms with Gasteiger partial charge in [-0.2, -0.15) is 5.26 Å². The molecule has 1 saturated carbocycles. The van der Waals surface area contributed by atoms with Gasteiger partial charge in [0.15, 0.2) is 17.0 Å². The Hall–Kier alpha value is -4.57. The van der Waals surface area contributed by atoms with Crippen molar-refractivity contribution in [3.8, 4) is 23.1 Å². The number of carbonyl (C=O) groups is 3. The van der Waals surface area contributed by atoms with Crippen molar-refractivity contribution >= 4 is 23.2 Å². The zero-order valence-corrected chi connectivity index (χ0v) is 22.0. The molecule has 40 heavy (non-hydrogen) atoms. The first-order valence-corrected chi connectivity index (χ1v) is 12.4. The number of phenols is 1. The maximum absolute atomic E-state index is 14.4. The molecule has 1 amide bonds. The van der Waals surface area contributed by atoms with Crippen molar-refractivity contribution in [3.05, 3.63) is 64.1 Å². The largest absolute Gasteiger partial charge is 0.509 e. The third-order valence-electron chi connectivity index (χ3n) is 8.40. The molecule has 4 atom stereocenters. The average molecular weight is 545 g/mol. The lowest BCUT2D eigenvalue weighted by atomic mass is 9.47. The molecule has 0 unspecified atom stereocenters. The molecule has 3 aliphatic carbocycles. The fourth-order valence-corrected chi connectivity index (χ4v) is 6.82. The monoisotopic (exact) mass is 544 g/mol. The van der Waals surface area contributed by atoms with Gasteiger partial charge in [0.2, 0.25) is 0 Å². The van der Waals surface area contributed by atoms with Crippen molar-refractivity contribution in [3.63, 3.8) is 0 Å². The Labute approximate surface area is 229 Å². The lowest BCUT2D eigenvalue weighted by Gasteiger charge is -2.58. The number of hydrogen-bond acceptors (Lipinski definition) is 11. The van der Waals surface area contributed by atoms with Gasteiger partial charge in [-0.15, -0.1) is 0 Å². The summed E-state index contributed by atoms with van der Waals surface area (Å²) < 4.78 is 0. The molecule has 1 aromatic carbocycles. The van der Waals surface area contributed by atoms with Crippen LogP contribution in [0.25, 0.3) is 17.0 Å². The van der Waals surface area contributed by atoms with Crippen molar-refractivity contribution in [1.82, 2.24) is 9.88 Å². The Bertz CT molecular complexity index is 1650. The van der Waals surface area contributed by atoms with Crippen LogP contribution in [0.5, 0.6) is 5.75 Å². The van der Waals surface area contributed by atoms with E-state index in [0.29, 0.717) is 16.8 Å². The van der Waals surface area contributed by atoms with E-state index in [4.69, 9.17) is 17.2 Å². The number of aliphatic hydroxyl groups is 2. The Morgan fingerprint density at radius 1 is 1.18 bits per heavy atom. The number of aryl methyl sites for hydroxylation is 1. The molecule has 0 aliphatic heterocycles. The van der Waals surface area contributed by atoms with Crippen molar-refractivity contribution in [2.75, 3.05) is 14.1 Å². The Balaban J connectivity index is 1.88. The van der Waals surface area contributed by atoms with Gasteiger partial charge in [0, 0.05) is 11.8 Å². The first-order valence-electron chi connectivity index (χ1n) is 12.4. The maximum atomic E-state index is 14.4. The second-order valence-electron chi connectivity index (χ2n) is 10.9. The molecule has 0 spiro atoms. The van der Waals surface area contributed by atoms with Gasteiger partial charge in [-0.3, -0.25) is 24.3 Å². The van der Waals surface area contributed by atoms with E-state index >= 15 is 0 Å². The molecule has 1 heterocycles. The van der Waals surface area contributed by atoms with Crippen molar-refractivity contribution in [2.45, 2.75) is 36.9 Å². The topological polar surface area (TPSA) is 230 Å². The number of nitriles is 1. The number of Topliss-reactive ketones (excluding diaryl/α,β-unsaturated/α-hetero) is 2. The second-order valence-corrected chi connectivity index (χ2v) is 10.9. The van der Waals surface area contributed by atoms with Crippen LogP contribution in [0.3, 0.4) is 0 Å². The lowest BCUT2D eigenvalue weighted by Crippen LogP contribution is -2.80. The number of primary amides is 1. The molecule has 1 fully saturated rings. The van der Waals surface area contributed by atoms with Gasteiger partial charge < -0.3 is 32.5 Å². The quantitative estimate of drug-likeness (QED) is 0.287. The number of likely N-dealkylation sites (N-methyl/N-ethyl adjacent to an activating group) is 1. The minimum absolute atomic E-state index is 0.0840. The van der Waals surface area contributed by atoms with Crippen LogP contribution in [0.2, 0.25) is 0 Å². The molecule has 5 rings (SSSR count). The fraction of sp³-hybridized carbons (Fsp3) is 0.321. The SMILES string of the molecule is Cc1cccnc1-c1ccc(O)c2c1C[C@@]1(N)C[C@@]3(N)[C@H](N(C)C)C(=O)C(C(N)=O)=C(O)[C@@]3(C#N)C(=O)C1=C2O. The zero-order valence-electron chi connectivity index (χ0n) is 22.0. The number of carbonyl (C=O) groups excluding carboxylic acids is 3. The first-order chi connectivity index (χ1) is 18.7. The number of benzene rings is 1. The molecule has 0 bridgehead atoms. The summed E-state index contributed by atoms with van der Waals surface area (Å²) >= 11 is 0. The van der Waals surface area contributed by atoms with Gasteiger partial charge in [0.25, 0.3) is 5.91 Å². The van der Waals surface area contributed by atoms with E-state index in [2.05, 4.69) is 4.98 Å². The number of ketones is 2. The second kappa shape index (κ2) is 8.46. The number of amides is 1. The molecule has 2 aromatic rings. The summed E-state index contributed by atoms with van der Waals surface area (Å²) in [5.41, 5.74) is 13.3. The van der Waals surface area contributed by atoms with Crippen molar-refractivity contribution in [1.29, 1.82) is 5.26 Å². The molecule has 3 aliphatic rings. The number of hydrogen-bond donors (Lipinski definition) is 6. The minimum Gasteiger partial charge on any atom is -0.509 e. The Morgan fingerprint density at radius 2 is 1.85 bits per heavy atom. The van der Waals surface area contributed by atoms with Gasteiger partial charge in [-0.1, -0.05) is 6.07 Å². The van der Waals surface area contributed by atoms with Crippen molar-refractivity contribution < 1.29 is 29.7 Å². The summed E-state index contributed by atoms with van der Waals surface area (Å²) in [7, 11) is 2.93. The molecule has 12 nitrogen and oxygen atoms in total. The number of nitrogens with zero attached hydrogens (tertiary/aromatic N) is 3. The summed E-state index contributed by atoms with van der Waals surface area (Å²) in [5.74, 6) is -5.74. The van der Waals surface area contributed by atoms with Crippen LogP contribution in [0, 0.1) is 23.7 Å². The highest BCUT2D eigenvalue weighted by Gasteiger charge is 2.74. The minimum atomic E-state index is -2.70. The summed E-state index contributed by atoms with van der Waals surface area (Å²) in [6, 6.07) is 6.85. The molecule has 0 saturated heterocycles. The van der Waals surface area contributed by atoms with Crippen LogP contribution in [-0.4, -0.2) is 73.9 Å². The van der Waals surface area contributed by atoms with E-state index in [0.717, 1.165) is 5.56 Å². The highest BCUT2D eigenvalue weighted by molar-refractivity contribution is 6.25. The summed E-state index contributed by atoms with van der Waals surface area (Å²) in [6.45, 7) is 1.84. The Morgan fingerprint density at radius 3 is 2.42 bits per heavy atom. The molecular formula is C28H28N6O6. The summed E-state index contributed by atoms with van der Waals surface area (Å²) in [6.07, 6.45) is 0.999. The molecule has 12 heteroatoms. The van der Waals surface area contributed by atoms with Crippen LogP contribution in [0.4, 0.5) is 0 Å². The normalized spacial score (nSPS) is 29.6. The average Bonchev–Trinajstić information content (AvgIpc) is 2.83. The summed E-state index contributed by atoms with van der Waals surface area (Å²) in [4.78, 5) is 45.9. The highest BCUT2D eigenvalue weighted by atomic mass is 16.3. The number of fused-ring (bicyclic) bond motifs is 3. The van der Waals surface area contributed by atoms with E-state index in [1.165, 1.54) is 25.1 Å². The van der Waals surface area contributed by atoms with Crippen LogP contribution in [-0.2, 0) is 20.8 Å². The first kappa shape index (κ1) is 27.0. The maximum Gasteiger partial charge on any atom is 0.255 e. The van der Waals surface area contributed by atoms with Crippen LogP contribution >= 0.6 is 0 Å². The molecule has 9 N–H and O–H groups in total. The number of aliphatic hydroxyl groups excluding tert-OH is 2. The number of rotatable bonds is 3. The smallest absolute Gasteiger partial charge is 0.255 e. The predicted octanol–water partition coefficient (Wildman–Crippen LogP) is 0.276. The van der Waals surface area contributed by atoms with Crippen LogP contribution in [0.1, 0.15) is 23.1 Å². The summed E-state index contributed by atoms with van der Waals surface area (Å²) in [5, 5.41) is 44.1. The van der Waals surface area contributed by atoms with Gasteiger partial charge in [0.1, 0.15) is 22.8 Å². The third-order valence-corrected chi connectivity index (χ3v) is 8.40. The number of nitrogens with two attached hydrogens (primary N) is 3. The Kier molecular flexibility index (Phi) is 5.72. The number of pyridine rings is 1. The zero-order chi connectivity index (χ0) is 29.5. The van der Waals surface area contributed by atoms with Gasteiger partial charge >= 0.3 is 0 Å². The standard InChI is InChI=1S/C28H28N6O6/c1-12-5-4-8-33-19(12)13-6-7-15(35)16-14(13)9-26(31)10-28(32)22(34(2)3)21(37)17(25(30)40)23(38)27(28,11-29)24(39)18(26)20(16)36/h4-8,22,35-36,38H,9-10,31-32H2,1-3H3,(H2,30,40)/t22-,26-,27+,28-/m1/s1. The van der Waals surface area contributed by atoms with Gasteiger partial charge in [0.05, 0.1) is 40.0 Å². The lowest BCUT2D eigenvalue weighted by molar-refractivity contribution is -0.139. The van der Waals surface area contributed by atoms with E-state index in [-0.39, 0.29) is 17.7 Å². The molecule has 206 valence electrons. The molecule has 1 aromatic heterocycles. The van der Waals surface area contributed by atoms with Gasteiger partial charge in [-0.25, -0.2) is 0 Å². The highest BCUT2D eigenvalue weighted by Crippen LogP contribution is 2.58. The van der Waals surface area contributed by atoms with E-state index in [1.807, 2.05) is 13.0 Å². The van der Waals surface area contributed by atoms with E-state index in [9.17, 15) is 35.0 Å².